The van der Waals surface area contributed by atoms with Gasteiger partial charge in [0.1, 0.15) is 6.04 Å². The second kappa shape index (κ2) is 9.98. The first-order valence-electron chi connectivity index (χ1n) is 12.4. The summed E-state index contributed by atoms with van der Waals surface area (Å²) >= 11 is 1.55. The van der Waals surface area contributed by atoms with Crippen LogP contribution in [0.2, 0.25) is 0 Å². The number of carbonyl (C=O) groups is 3. The molecule has 186 valence electrons. The number of fused-ring (bicyclic) bond motifs is 1. The van der Waals surface area contributed by atoms with Gasteiger partial charge >= 0.3 is 5.97 Å². The van der Waals surface area contributed by atoms with E-state index in [1.807, 2.05) is 20.8 Å². The lowest BCUT2D eigenvalue weighted by Gasteiger charge is -2.44. The van der Waals surface area contributed by atoms with Crippen LogP contribution in [0.3, 0.4) is 0 Å². The van der Waals surface area contributed by atoms with E-state index < -0.39 is 34.6 Å². The number of aliphatic hydroxyl groups excluding tert-OH is 1. The maximum Gasteiger partial charge on any atom is 0.308 e. The van der Waals surface area contributed by atoms with Crippen molar-refractivity contribution in [3.05, 3.63) is 12.7 Å². The van der Waals surface area contributed by atoms with Crippen molar-refractivity contribution in [2.24, 2.45) is 23.7 Å². The molecule has 4 unspecified atom stereocenters. The van der Waals surface area contributed by atoms with Crippen LogP contribution in [0, 0.1) is 23.7 Å². The molecule has 3 aliphatic heterocycles. The van der Waals surface area contributed by atoms with Crippen molar-refractivity contribution in [1.29, 1.82) is 0 Å². The van der Waals surface area contributed by atoms with Crippen molar-refractivity contribution in [3.8, 4) is 0 Å². The van der Waals surface area contributed by atoms with E-state index in [1.165, 1.54) is 0 Å². The Morgan fingerprint density at radius 1 is 1.36 bits per heavy atom. The van der Waals surface area contributed by atoms with Crippen molar-refractivity contribution in [2.75, 3.05) is 13.2 Å². The van der Waals surface area contributed by atoms with Crippen LogP contribution in [0.4, 0.5) is 0 Å². The van der Waals surface area contributed by atoms with Crippen molar-refractivity contribution in [2.45, 2.75) is 88.4 Å². The monoisotopic (exact) mass is 480 g/mol. The molecule has 0 aliphatic carbocycles. The molecule has 3 heterocycles. The van der Waals surface area contributed by atoms with Crippen LogP contribution in [0.1, 0.15) is 60.3 Å². The number of amides is 2. The summed E-state index contributed by atoms with van der Waals surface area (Å²) in [4.78, 5) is 44.0. The topological polar surface area (TPSA) is 98.2 Å². The minimum atomic E-state index is -0.959. The molecule has 0 aromatic carbocycles. The Bertz CT molecular complexity index is 791. The number of carboxylic acid groups (broad SMARTS) is 1. The Morgan fingerprint density at radius 2 is 2.03 bits per heavy atom. The first-order chi connectivity index (χ1) is 15.6. The summed E-state index contributed by atoms with van der Waals surface area (Å²) in [6.07, 6.45) is 4.88. The Kier molecular flexibility index (Phi) is 7.89. The fraction of sp³-hybridized carbons (Fsp3) is 0.800. The number of hydrogen-bond acceptors (Lipinski definition) is 5. The SMILES string of the molecule is C=CCN(C(=O)C1N([C@@H](CO)[C@@H](C)CC)C(=O)[C@@H]2[C@@H](C(=O)O)[C@H]3CC(C)C12S3)C(C)CCC. The van der Waals surface area contributed by atoms with Crippen LogP contribution < -0.4 is 0 Å². The standard InChI is InChI=1S/C25H40N2O5S/c1-7-10-16(6)26(11-8-2)23(30)21-25-15(5)12-18(33-25)19(24(31)32)20(25)22(29)27(21)17(13-28)14(4)9-3/h8,14-21,28H,2,7,9-13H2,1,3-6H3,(H,31,32)/t14-,15?,16?,17-,18+,19-,20-,21?,25?/m0/s1. The van der Waals surface area contributed by atoms with Gasteiger partial charge in [-0.1, -0.05) is 46.6 Å². The molecule has 8 heteroatoms. The van der Waals surface area contributed by atoms with E-state index in [0.29, 0.717) is 13.0 Å². The lowest BCUT2D eigenvalue weighted by atomic mass is 9.66. The minimum absolute atomic E-state index is 0.0221. The number of aliphatic carboxylic acids is 1. The van der Waals surface area contributed by atoms with E-state index in [0.717, 1.165) is 19.3 Å². The minimum Gasteiger partial charge on any atom is -0.481 e. The van der Waals surface area contributed by atoms with Gasteiger partial charge in [0.05, 0.1) is 29.2 Å². The Balaban J connectivity index is 2.17. The highest BCUT2D eigenvalue weighted by atomic mass is 32.2. The molecule has 9 atom stereocenters. The number of thioether (sulfide) groups is 1. The van der Waals surface area contributed by atoms with Gasteiger partial charge in [-0.2, -0.15) is 0 Å². The van der Waals surface area contributed by atoms with Gasteiger partial charge in [0.15, 0.2) is 0 Å². The van der Waals surface area contributed by atoms with Crippen LogP contribution in [0.25, 0.3) is 0 Å². The second-order valence-electron chi connectivity index (χ2n) is 10.2. The van der Waals surface area contributed by atoms with Gasteiger partial charge in [0.2, 0.25) is 11.8 Å². The first kappa shape index (κ1) is 26.1. The third-order valence-corrected chi connectivity index (χ3v) is 10.5. The largest absolute Gasteiger partial charge is 0.481 e. The van der Waals surface area contributed by atoms with Gasteiger partial charge in [-0.05, 0) is 31.6 Å². The molecule has 33 heavy (non-hydrogen) atoms. The molecule has 0 aromatic heterocycles. The van der Waals surface area contributed by atoms with Crippen LogP contribution in [-0.2, 0) is 14.4 Å². The van der Waals surface area contributed by atoms with E-state index in [-0.39, 0.29) is 41.5 Å². The van der Waals surface area contributed by atoms with E-state index in [1.54, 1.807) is 27.6 Å². The van der Waals surface area contributed by atoms with Crippen LogP contribution in [-0.4, -0.2) is 79.1 Å². The number of likely N-dealkylation sites (tertiary alicyclic amines) is 1. The highest BCUT2D eigenvalue weighted by Gasteiger charge is 2.77. The van der Waals surface area contributed by atoms with Gasteiger partial charge in [-0.25, -0.2) is 0 Å². The van der Waals surface area contributed by atoms with Crippen LogP contribution in [0.15, 0.2) is 12.7 Å². The average molecular weight is 481 g/mol. The number of nitrogens with zero attached hydrogens (tertiary/aromatic N) is 2. The van der Waals surface area contributed by atoms with Gasteiger partial charge in [-0.3, -0.25) is 14.4 Å². The quantitative estimate of drug-likeness (QED) is 0.441. The molecule has 3 saturated heterocycles. The number of carbonyl (C=O) groups excluding carboxylic acids is 2. The molecule has 3 aliphatic rings. The van der Waals surface area contributed by atoms with E-state index in [2.05, 4.69) is 20.4 Å². The molecule has 3 fully saturated rings. The predicted molar refractivity (Wildman–Crippen MR) is 130 cm³/mol. The van der Waals surface area contributed by atoms with Crippen molar-refractivity contribution < 1.29 is 24.6 Å². The normalized spacial score (nSPS) is 35.3. The molecule has 3 rings (SSSR count). The third kappa shape index (κ3) is 3.91. The summed E-state index contributed by atoms with van der Waals surface area (Å²) < 4.78 is -0.784. The van der Waals surface area contributed by atoms with Crippen LogP contribution in [0.5, 0.6) is 0 Å². The summed E-state index contributed by atoms with van der Waals surface area (Å²) in [5.74, 6) is -2.91. The van der Waals surface area contributed by atoms with E-state index in [4.69, 9.17) is 0 Å². The smallest absolute Gasteiger partial charge is 0.308 e. The zero-order chi connectivity index (χ0) is 24.7. The summed E-state index contributed by atoms with van der Waals surface area (Å²) in [5, 5.41) is 20.2. The Hall–Kier alpha value is -1.54. The zero-order valence-electron chi connectivity index (χ0n) is 20.6. The summed E-state index contributed by atoms with van der Waals surface area (Å²) in [5.41, 5.74) is 0. The summed E-state index contributed by atoms with van der Waals surface area (Å²) in [7, 11) is 0. The fourth-order valence-corrected chi connectivity index (χ4v) is 8.94. The predicted octanol–water partition coefficient (Wildman–Crippen LogP) is 3.02. The van der Waals surface area contributed by atoms with Gasteiger partial charge in [0.25, 0.3) is 0 Å². The number of aliphatic hydroxyl groups is 1. The zero-order valence-corrected chi connectivity index (χ0v) is 21.4. The van der Waals surface area contributed by atoms with E-state index >= 15 is 0 Å². The Morgan fingerprint density at radius 3 is 2.55 bits per heavy atom. The molecular weight excluding hydrogens is 440 g/mol. The van der Waals surface area contributed by atoms with Crippen molar-refractivity contribution in [1.82, 2.24) is 9.80 Å². The van der Waals surface area contributed by atoms with E-state index in [9.17, 15) is 24.6 Å². The van der Waals surface area contributed by atoms with Crippen LogP contribution >= 0.6 is 11.8 Å². The Labute approximate surface area is 202 Å². The highest BCUT2D eigenvalue weighted by Crippen LogP contribution is 2.69. The van der Waals surface area contributed by atoms with Gasteiger partial charge in [0, 0.05) is 17.8 Å². The second-order valence-corrected chi connectivity index (χ2v) is 11.7. The lowest BCUT2D eigenvalue weighted by molar-refractivity contribution is -0.150. The molecule has 7 nitrogen and oxygen atoms in total. The lowest BCUT2D eigenvalue weighted by Crippen LogP contribution is -2.61. The molecule has 2 amide bonds. The summed E-state index contributed by atoms with van der Waals surface area (Å²) in [6, 6.07) is -1.34. The highest BCUT2D eigenvalue weighted by molar-refractivity contribution is 8.02. The first-order valence-corrected chi connectivity index (χ1v) is 13.2. The van der Waals surface area contributed by atoms with Crippen molar-refractivity contribution in [3.63, 3.8) is 0 Å². The maximum atomic E-state index is 14.3. The third-order valence-electron chi connectivity index (χ3n) is 8.40. The molecule has 0 radical (unpaired) electrons. The molecule has 0 aromatic rings. The maximum absolute atomic E-state index is 14.3. The number of hydrogen-bond donors (Lipinski definition) is 2. The van der Waals surface area contributed by atoms with Gasteiger partial charge < -0.3 is 20.0 Å². The number of carboxylic acids is 1. The average Bonchev–Trinajstić information content (AvgIpc) is 3.36. The molecular formula is C25H40N2O5S. The molecule has 2 bridgehead atoms. The van der Waals surface area contributed by atoms with Gasteiger partial charge in [-0.15, -0.1) is 18.3 Å². The summed E-state index contributed by atoms with van der Waals surface area (Å²) in [6.45, 7) is 14.1. The van der Waals surface area contributed by atoms with Crippen molar-refractivity contribution >= 4 is 29.5 Å². The molecule has 0 saturated carbocycles. The number of rotatable bonds is 11. The molecule has 2 N–H and O–H groups in total. The fourth-order valence-electron chi connectivity index (χ4n) is 6.55. The molecule has 1 spiro atoms.